The lowest BCUT2D eigenvalue weighted by atomic mass is 10.1. The van der Waals surface area contributed by atoms with Crippen LogP contribution < -0.4 is 10.1 Å². The fraction of sp³-hybridized carbons (Fsp3) is 0.538. The van der Waals surface area contributed by atoms with Gasteiger partial charge in [0.2, 0.25) is 5.88 Å². The third-order valence-corrected chi connectivity index (χ3v) is 3.24. The van der Waals surface area contributed by atoms with Gasteiger partial charge >= 0.3 is 0 Å². The lowest BCUT2D eigenvalue weighted by molar-refractivity contribution is 0.0943. The second kappa shape index (κ2) is 5.66. The molecule has 0 unspecified atom stereocenters. The van der Waals surface area contributed by atoms with Crippen LogP contribution in [0.25, 0.3) is 0 Å². The molecule has 0 aromatic carbocycles. The molecule has 4 heteroatoms. The molecular formula is C13H18N2O2. The molecule has 1 aromatic rings. The summed E-state index contributed by atoms with van der Waals surface area (Å²) in [7, 11) is 1.52. The number of aromatic nitrogens is 1. The Morgan fingerprint density at radius 3 is 3.00 bits per heavy atom. The lowest BCUT2D eigenvalue weighted by Crippen LogP contribution is -2.28. The van der Waals surface area contributed by atoms with Gasteiger partial charge in [0.1, 0.15) is 5.56 Å². The number of carbonyl (C=O) groups excluding carboxylic acids is 1. The first-order valence-electron chi connectivity index (χ1n) is 6.08. The molecule has 92 valence electrons. The van der Waals surface area contributed by atoms with Gasteiger partial charge in [-0.2, -0.15) is 0 Å². The van der Waals surface area contributed by atoms with Gasteiger partial charge in [0.05, 0.1) is 7.11 Å². The van der Waals surface area contributed by atoms with Crippen LogP contribution >= 0.6 is 0 Å². The monoisotopic (exact) mass is 234 g/mol. The number of ether oxygens (including phenoxy) is 1. The summed E-state index contributed by atoms with van der Waals surface area (Å²) >= 11 is 0. The summed E-state index contributed by atoms with van der Waals surface area (Å²) in [6.07, 6.45) is 6.65. The van der Waals surface area contributed by atoms with Crippen LogP contribution in [0, 0.1) is 5.92 Å². The standard InChI is InChI=1S/C13H18N2O2/c1-17-13-11(7-4-8-14-13)12(16)15-9-10-5-2-3-6-10/h4,7-8,10H,2-3,5-6,9H2,1H3,(H,15,16). The SMILES string of the molecule is COc1ncccc1C(=O)NCC1CCCC1. The average molecular weight is 234 g/mol. The van der Waals surface area contributed by atoms with E-state index in [-0.39, 0.29) is 5.91 Å². The molecule has 1 aliphatic rings. The Hall–Kier alpha value is -1.58. The second-order valence-corrected chi connectivity index (χ2v) is 4.42. The van der Waals surface area contributed by atoms with Gasteiger partial charge in [0, 0.05) is 12.7 Å². The lowest BCUT2D eigenvalue weighted by Gasteiger charge is -2.11. The number of pyridine rings is 1. The minimum atomic E-state index is -0.0955. The Kier molecular flexibility index (Phi) is 3.96. The van der Waals surface area contributed by atoms with Crippen molar-refractivity contribution >= 4 is 5.91 Å². The Morgan fingerprint density at radius 2 is 2.29 bits per heavy atom. The van der Waals surface area contributed by atoms with Crippen molar-refractivity contribution in [3.8, 4) is 5.88 Å². The van der Waals surface area contributed by atoms with Crippen molar-refractivity contribution in [2.45, 2.75) is 25.7 Å². The molecule has 0 aliphatic heterocycles. The number of hydrogen-bond acceptors (Lipinski definition) is 3. The molecule has 0 bridgehead atoms. The number of hydrogen-bond donors (Lipinski definition) is 1. The van der Waals surface area contributed by atoms with Crippen LogP contribution in [0.5, 0.6) is 5.88 Å². The van der Waals surface area contributed by atoms with E-state index in [0.717, 1.165) is 6.54 Å². The largest absolute Gasteiger partial charge is 0.480 e. The highest BCUT2D eigenvalue weighted by Crippen LogP contribution is 2.24. The van der Waals surface area contributed by atoms with Crippen molar-refractivity contribution in [3.63, 3.8) is 0 Å². The molecule has 1 fully saturated rings. The van der Waals surface area contributed by atoms with Gasteiger partial charge in [-0.1, -0.05) is 12.8 Å². The van der Waals surface area contributed by atoms with E-state index in [1.54, 1.807) is 18.3 Å². The van der Waals surface area contributed by atoms with Crippen LogP contribution in [0.4, 0.5) is 0 Å². The van der Waals surface area contributed by atoms with E-state index < -0.39 is 0 Å². The van der Waals surface area contributed by atoms with Gasteiger partial charge in [-0.05, 0) is 30.9 Å². The minimum absolute atomic E-state index is 0.0955. The van der Waals surface area contributed by atoms with Crippen molar-refractivity contribution in [2.24, 2.45) is 5.92 Å². The normalized spacial score (nSPS) is 15.8. The molecule has 2 rings (SSSR count). The van der Waals surface area contributed by atoms with Crippen molar-refractivity contribution in [1.82, 2.24) is 10.3 Å². The zero-order chi connectivity index (χ0) is 12.1. The van der Waals surface area contributed by atoms with E-state index >= 15 is 0 Å². The van der Waals surface area contributed by atoms with E-state index in [2.05, 4.69) is 10.3 Å². The fourth-order valence-electron chi connectivity index (χ4n) is 2.27. The molecule has 1 aromatic heterocycles. The summed E-state index contributed by atoms with van der Waals surface area (Å²) in [5.74, 6) is 0.930. The predicted molar refractivity (Wildman–Crippen MR) is 65.1 cm³/mol. The molecule has 1 N–H and O–H groups in total. The van der Waals surface area contributed by atoms with Gasteiger partial charge in [0.25, 0.3) is 5.91 Å². The molecule has 1 heterocycles. The highest BCUT2D eigenvalue weighted by Gasteiger charge is 2.17. The van der Waals surface area contributed by atoms with Crippen molar-refractivity contribution in [2.75, 3.05) is 13.7 Å². The molecule has 0 saturated heterocycles. The number of nitrogens with one attached hydrogen (secondary N) is 1. The molecule has 1 aliphatic carbocycles. The maximum absolute atomic E-state index is 11.9. The number of amides is 1. The van der Waals surface area contributed by atoms with Gasteiger partial charge < -0.3 is 10.1 Å². The zero-order valence-corrected chi connectivity index (χ0v) is 10.1. The van der Waals surface area contributed by atoms with E-state index in [4.69, 9.17) is 4.74 Å². The first-order chi connectivity index (χ1) is 8.31. The molecule has 0 atom stereocenters. The molecule has 0 spiro atoms. The smallest absolute Gasteiger partial charge is 0.256 e. The topological polar surface area (TPSA) is 51.2 Å². The highest BCUT2D eigenvalue weighted by molar-refractivity contribution is 5.96. The quantitative estimate of drug-likeness (QED) is 0.867. The maximum atomic E-state index is 11.9. The van der Waals surface area contributed by atoms with E-state index in [0.29, 0.717) is 17.4 Å². The first-order valence-corrected chi connectivity index (χ1v) is 6.08. The Morgan fingerprint density at radius 1 is 1.53 bits per heavy atom. The minimum Gasteiger partial charge on any atom is -0.480 e. The molecule has 4 nitrogen and oxygen atoms in total. The van der Waals surface area contributed by atoms with Crippen LogP contribution in [0.1, 0.15) is 36.0 Å². The van der Waals surface area contributed by atoms with Crippen molar-refractivity contribution in [3.05, 3.63) is 23.9 Å². The van der Waals surface area contributed by atoms with Crippen molar-refractivity contribution in [1.29, 1.82) is 0 Å². The van der Waals surface area contributed by atoms with E-state index in [1.165, 1.54) is 32.8 Å². The number of rotatable bonds is 4. The number of carbonyl (C=O) groups is 1. The predicted octanol–water partition coefficient (Wildman–Crippen LogP) is 2.01. The van der Waals surface area contributed by atoms with E-state index in [1.807, 2.05) is 0 Å². The summed E-state index contributed by atoms with van der Waals surface area (Å²) in [5, 5.41) is 2.96. The summed E-state index contributed by atoms with van der Waals surface area (Å²) in [6.45, 7) is 0.761. The third-order valence-electron chi connectivity index (χ3n) is 3.24. The first kappa shape index (κ1) is 11.9. The summed E-state index contributed by atoms with van der Waals surface area (Å²) in [4.78, 5) is 16.0. The van der Waals surface area contributed by atoms with Crippen LogP contribution in [0.3, 0.4) is 0 Å². The third kappa shape index (κ3) is 2.96. The van der Waals surface area contributed by atoms with Crippen LogP contribution in [-0.2, 0) is 0 Å². The Bertz CT molecular complexity index is 387. The number of nitrogens with zero attached hydrogens (tertiary/aromatic N) is 1. The fourth-order valence-corrected chi connectivity index (χ4v) is 2.27. The summed E-state index contributed by atoms with van der Waals surface area (Å²) < 4.78 is 5.07. The molecule has 1 amide bonds. The van der Waals surface area contributed by atoms with Gasteiger partial charge in [-0.15, -0.1) is 0 Å². The second-order valence-electron chi connectivity index (χ2n) is 4.42. The van der Waals surface area contributed by atoms with Gasteiger partial charge in [0.15, 0.2) is 0 Å². The van der Waals surface area contributed by atoms with Crippen LogP contribution in [0.15, 0.2) is 18.3 Å². The highest BCUT2D eigenvalue weighted by atomic mass is 16.5. The average Bonchev–Trinajstić information content (AvgIpc) is 2.89. The molecule has 1 saturated carbocycles. The summed E-state index contributed by atoms with van der Waals surface area (Å²) in [6, 6.07) is 3.48. The van der Waals surface area contributed by atoms with E-state index in [9.17, 15) is 4.79 Å². The van der Waals surface area contributed by atoms with Crippen LogP contribution in [-0.4, -0.2) is 24.5 Å². The zero-order valence-electron chi connectivity index (χ0n) is 10.1. The maximum Gasteiger partial charge on any atom is 0.256 e. The van der Waals surface area contributed by atoms with Gasteiger partial charge in [-0.25, -0.2) is 4.98 Å². The van der Waals surface area contributed by atoms with Gasteiger partial charge in [-0.3, -0.25) is 4.79 Å². The molecule has 17 heavy (non-hydrogen) atoms. The Labute approximate surface area is 101 Å². The summed E-state index contributed by atoms with van der Waals surface area (Å²) in [5.41, 5.74) is 0.507. The van der Waals surface area contributed by atoms with Crippen molar-refractivity contribution < 1.29 is 9.53 Å². The molecular weight excluding hydrogens is 216 g/mol. The molecule has 0 radical (unpaired) electrons. The Balaban J connectivity index is 1.94. The van der Waals surface area contributed by atoms with Crippen LogP contribution in [0.2, 0.25) is 0 Å². The number of methoxy groups -OCH3 is 1.